The van der Waals surface area contributed by atoms with Crippen molar-refractivity contribution >= 4 is 22.8 Å². The van der Waals surface area contributed by atoms with E-state index in [1.807, 2.05) is 18.6 Å². The Kier molecular flexibility index (Phi) is 4.78. The summed E-state index contributed by atoms with van der Waals surface area (Å²) in [5, 5.41) is 3.45. The molecular formula is C20H25N7O. The Morgan fingerprint density at radius 2 is 2.04 bits per heavy atom. The molecule has 5 rings (SSSR count). The first-order valence-corrected chi connectivity index (χ1v) is 10.1. The summed E-state index contributed by atoms with van der Waals surface area (Å²) in [6.07, 6.45) is 10.2. The fourth-order valence-corrected chi connectivity index (χ4v) is 4.11. The molecular weight excluding hydrogens is 354 g/mol. The molecule has 5 heterocycles. The van der Waals surface area contributed by atoms with Crippen molar-refractivity contribution in [3.63, 3.8) is 0 Å². The lowest BCUT2D eigenvalue weighted by atomic mass is 10.2. The van der Waals surface area contributed by atoms with Gasteiger partial charge in [0.1, 0.15) is 17.7 Å². The lowest BCUT2D eigenvalue weighted by Crippen LogP contribution is -2.21. The van der Waals surface area contributed by atoms with Crippen LogP contribution in [0.2, 0.25) is 0 Å². The smallest absolute Gasteiger partial charge is 0.165 e. The number of rotatable bonds is 6. The van der Waals surface area contributed by atoms with E-state index in [2.05, 4.69) is 40.8 Å². The highest BCUT2D eigenvalue weighted by atomic mass is 16.5. The normalized spacial score (nSPS) is 19.6. The van der Waals surface area contributed by atoms with Crippen LogP contribution in [0, 0.1) is 0 Å². The molecule has 1 atom stereocenters. The number of hydrogen-bond acceptors (Lipinski definition) is 7. The Morgan fingerprint density at radius 3 is 2.89 bits per heavy atom. The van der Waals surface area contributed by atoms with Crippen molar-refractivity contribution in [2.24, 2.45) is 0 Å². The van der Waals surface area contributed by atoms with Gasteiger partial charge < -0.3 is 19.5 Å². The van der Waals surface area contributed by atoms with E-state index in [0.717, 1.165) is 61.9 Å². The molecule has 2 saturated heterocycles. The molecule has 8 heteroatoms. The van der Waals surface area contributed by atoms with Crippen molar-refractivity contribution in [3.05, 3.63) is 36.5 Å². The summed E-state index contributed by atoms with van der Waals surface area (Å²) in [5.41, 5.74) is 2.82. The van der Waals surface area contributed by atoms with Gasteiger partial charge in [0.2, 0.25) is 0 Å². The number of nitrogens with one attached hydrogen (secondary N) is 1. The summed E-state index contributed by atoms with van der Waals surface area (Å²) in [4.78, 5) is 20.4. The van der Waals surface area contributed by atoms with Gasteiger partial charge in [0.05, 0.1) is 19.0 Å². The second-order valence-electron chi connectivity index (χ2n) is 7.46. The van der Waals surface area contributed by atoms with Crippen molar-refractivity contribution in [1.29, 1.82) is 0 Å². The van der Waals surface area contributed by atoms with Crippen LogP contribution >= 0.6 is 0 Å². The maximum Gasteiger partial charge on any atom is 0.165 e. The van der Waals surface area contributed by atoms with Crippen molar-refractivity contribution in [2.75, 3.05) is 29.9 Å². The van der Waals surface area contributed by atoms with E-state index >= 15 is 0 Å². The zero-order valence-corrected chi connectivity index (χ0v) is 15.9. The molecule has 2 aliphatic rings. The average Bonchev–Trinajstić information content (AvgIpc) is 3.50. The quantitative estimate of drug-likeness (QED) is 0.705. The van der Waals surface area contributed by atoms with E-state index in [0.29, 0.717) is 6.54 Å². The van der Waals surface area contributed by atoms with Crippen LogP contribution in [0.25, 0.3) is 11.2 Å². The summed E-state index contributed by atoms with van der Waals surface area (Å²) >= 11 is 0. The number of fused-ring (bicyclic) bond motifs is 1. The van der Waals surface area contributed by atoms with Crippen LogP contribution in [0.1, 0.15) is 31.2 Å². The van der Waals surface area contributed by atoms with E-state index in [4.69, 9.17) is 4.74 Å². The Morgan fingerprint density at radius 1 is 1.11 bits per heavy atom. The van der Waals surface area contributed by atoms with Crippen molar-refractivity contribution in [2.45, 2.75) is 44.9 Å². The first-order chi connectivity index (χ1) is 13.9. The van der Waals surface area contributed by atoms with Crippen LogP contribution in [-0.4, -0.2) is 50.3 Å². The Labute approximate surface area is 164 Å². The molecule has 0 amide bonds. The molecule has 1 unspecified atom stereocenters. The van der Waals surface area contributed by atoms with Gasteiger partial charge in [0, 0.05) is 38.0 Å². The van der Waals surface area contributed by atoms with E-state index in [1.54, 1.807) is 6.33 Å². The maximum atomic E-state index is 5.75. The molecule has 2 aliphatic heterocycles. The molecule has 3 aromatic heterocycles. The standard InChI is InChI=1S/C20H25N7O/c1-2-9-26(8-1)19-15(5-3-7-21-19)11-22-18-17-20(24-13-23-18)27(14-25-17)12-16-6-4-10-28-16/h3,5,7,13-14,16H,1-2,4,6,8-12H2,(H,22,23,24). The lowest BCUT2D eigenvalue weighted by molar-refractivity contribution is 0.0978. The van der Waals surface area contributed by atoms with Crippen LogP contribution in [0.3, 0.4) is 0 Å². The van der Waals surface area contributed by atoms with Gasteiger partial charge in [-0.2, -0.15) is 0 Å². The van der Waals surface area contributed by atoms with Crippen molar-refractivity contribution in [3.8, 4) is 0 Å². The Hall–Kier alpha value is -2.74. The molecule has 3 aromatic rings. The number of imidazole rings is 1. The Bertz CT molecular complexity index is 945. The third-order valence-corrected chi connectivity index (χ3v) is 5.54. The van der Waals surface area contributed by atoms with Gasteiger partial charge in [-0.25, -0.2) is 19.9 Å². The zero-order valence-electron chi connectivity index (χ0n) is 15.9. The topological polar surface area (TPSA) is 81.0 Å². The van der Waals surface area contributed by atoms with Crippen LogP contribution in [0.5, 0.6) is 0 Å². The fraction of sp³-hybridized carbons (Fsp3) is 0.500. The largest absolute Gasteiger partial charge is 0.376 e. The van der Waals surface area contributed by atoms with E-state index < -0.39 is 0 Å². The molecule has 0 aliphatic carbocycles. The highest BCUT2D eigenvalue weighted by Gasteiger charge is 2.19. The summed E-state index contributed by atoms with van der Waals surface area (Å²) in [5.74, 6) is 1.83. The predicted molar refractivity (Wildman–Crippen MR) is 107 cm³/mol. The number of hydrogen-bond donors (Lipinski definition) is 1. The third kappa shape index (κ3) is 3.40. The molecule has 0 spiro atoms. The van der Waals surface area contributed by atoms with Gasteiger partial charge in [-0.15, -0.1) is 0 Å². The van der Waals surface area contributed by atoms with Gasteiger partial charge in [0.25, 0.3) is 0 Å². The summed E-state index contributed by atoms with van der Waals surface area (Å²) < 4.78 is 7.82. The second-order valence-corrected chi connectivity index (χ2v) is 7.46. The molecule has 1 N–H and O–H groups in total. The molecule has 0 aromatic carbocycles. The van der Waals surface area contributed by atoms with Crippen LogP contribution in [-0.2, 0) is 17.8 Å². The molecule has 0 saturated carbocycles. The monoisotopic (exact) mass is 379 g/mol. The summed E-state index contributed by atoms with van der Waals surface area (Å²) in [6.45, 7) is 4.45. The van der Waals surface area contributed by atoms with Gasteiger partial charge in [-0.05, 0) is 31.7 Å². The average molecular weight is 379 g/mol. The SMILES string of the molecule is c1cnc(N2CCCC2)c(CNc2ncnc3c2ncn3CC2CCCO2)c1. The highest BCUT2D eigenvalue weighted by Crippen LogP contribution is 2.24. The van der Waals surface area contributed by atoms with Crippen LogP contribution in [0.4, 0.5) is 11.6 Å². The van der Waals surface area contributed by atoms with E-state index in [9.17, 15) is 0 Å². The van der Waals surface area contributed by atoms with Crippen LogP contribution in [0.15, 0.2) is 31.0 Å². The van der Waals surface area contributed by atoms with E-state index in [-0.39, 0.29) is 6.10 Å². The first-order valence-electron chi connectivity index (χ1n) is 10.1. The number of aromatic nitrogens is 5. The molecule has 2 fully saturated rings. The molecule has 0 bridgehead atoms. The van der Waals surface area contributed by atoms with Crippen LogP contribution < -0.4 is 10.2 Å². The third-order valence-electron chi connectivity index (χ3n) is 5.54. The zero-order chi connectivity index (χ0) is 18.8. The predicted octanol–water partition coefficient (Wildman–Crippen LogP) is 2.61. The second kappa shape index (κ2) is 7.71. The maximum absolute atomic E-state index is 5.75. The minimum absolute atomic E-state index is 0.252. The minimum atomic E-state index is 0.252. The number of ether oxygens (including phenoxy) is 1. The first kappa shape index (κ1) is 17.4. The molecule has 0 radical (unpaired) electrons. The fourth-order valence-electron chi connectivity index (χ4n) is 4.11. The molecule has 146 valence electrons. The number of nitrogens with zero attached hydrogens (tertiary/aromatic N) is 6. The van der Waals surface area contributed by atoms with Crippen molar-refractivity contribution < 1.29 is 4.74 Å². The van der Waals surface area contributed by atoms with Gasteiger partial charge >= 0.3 is 0 Å². The lowest BCUT2D eigenvalue weighted by Gasteiger charge is -2.20. The minimum Gasteiger partial charge on any atom is -0.376 e. The van der Waals surface area contributed by atoms with E-state index in [1.165, 1.54) is 18.4 Å². The van der Waals surface area contributed by atoms with Crippen molar-refractivity contribution in [1.82, 2.24) is 24.5 Å². The molecule has 8 nitrogen and oxygen atoms in total. The van der Waals surface area contributed by atoms with Gasteiger partial charge in [-0.3, -0.25) is 0 Å². The van der Waals surface area contributed by atoms with Gasteiger partial charge in [-0.1, -0.05) is 6.07 Å². The van der Waals surface area contributed by atoms with Gasteiger partial charge in [0.15, 0.2) is 11.5 Å². The number of pyridine rings is 1. The summed E-state index contributed by atoms with van der Waals surface area (Å²) in [7, 11) is 0. The Balaban J connectivity index is 1.35. The summed E-state index contributed by atoms with van der Waals surface area (Å²) in [6, 6.07) is 4.12. The number of anilines is 2. The molecule has 28 heavy (non-hydrogen) atoms. The highest BCUT2D eigenvalue weighted by molar-refractivity contribution is 5.82.